The Morgan fingerprint density at radius 3 is 1.56 bits per heavy atom. The third kappa shape index (κ3) is 8.18. The van der Waals surface area contributed by atoms with E-state index in [9.17, 15) is 0 Å². The summed E-state index contributed by atoms with van der Waals surface area (Å²) in [5.74, 6) is 3.16. The predicted octanol–water partition coefficient (Wildman–Crippen LogP) is 6.08. The van der Waals surface area contributed by atoms with Gasteiger partial charge in [0.2, 0.25) is 0 Å². The molecule has 0 unspecified atom stereocenters. The first-order valence-electron chi connectivity index (χ1n) is 6.46. The maximum atomic E-state index is 5.33. The number of nitrogens with zero attached hydrogens (tertiary/aromatic N) is 4. The average molecular weight is 512 g/mol. The Kier molecular flexibility index (Phi) is 10.8. The molecule has 0 fully saturated rings. The Morgan fingerprint density at radius 1 is 0.840 bits per heavy atom. The van der Waals surface area contributed by atoms with Gasteiger partial charge in [0.25, 0.3) is 0 Å². The first kappa shape index (κ1) is 21.5. The van der Waals surface area contributed by atoms with Gasteiger partial charge in [-0.2, -0.15) is 0 Å². The van der Waals surface area contributed by atoms with Gasteiger partial charge in [0.1, 0.15) is 14.8 Å². The second-order valence-electron chi connectivity index (χ2n) is 3.98. The van der Waals surface area contributed by atoms with E-state index in [0.717, 1.165) is 26.3 Å². The third-order valence-corrected chi connectivity index (χ3v) is 8.00. The van der Waals surface area contributed by atoms with Gasteiger partial charge in [0, 0.05) is 24.8 Å². The molecule has 0 aliphatic rings. The fraction of sp³-hybridized carbons (Fsp3) is 0.154. The third-order valence-electron chi connectivity index (χ3n) is 2.42. The monoisotopic (exact) mass is 510 g/mol. The summed E-state index contributed by atoms with van der Waals surface area (Å²) < 4.78 is 3.39. The maximum absolute atomic E-state index is 5.33. The quantitative estimate of drug-likeness (QED) is 0.226. The van der Waals surface area contributed by atoms with Crippen LogP contribution in [-0.2, 0) is 24.2 Å². The van der Waals surface area contributed by atoms with Crippen molar-refractivity contribution in [2.24, 2.45) is 0 Å². The molecular weight excluding hydrogens is 502 g/mol. The van der Waals surface area contributed by atoms with Crippen LogP contribution in [0, 0.1) is 3.14 Å². The minimum atomic E-state index is 0.569. The molecule has 4 nitrogen and oxygen atoms in total. The van der Waals surface area contributed by atoms with Crippen LogP contribution in [0.5, 0.6) is 0 Å². The van der Waals surface area contributed by atoms with Gasteiger partial charge in [-0.25, -0.2) is 19.9 Å². The fourth-order valence-electron chi connectivity index (χ4n) is 1.50. The first-order valence-corrected chi connectivity index (χ1v) is 13.2. The number of halogens is 2. The summed E-state index contributed by atoms with van der Waals surface area (Å²) in [6, 6.07) is 3.65. The SMILES string of the molecule is S=c1sc(SCc2ncccn2)c(SCc2ncccn2)s1.[Cl][Ni][Cl]. The van der Waals surface area contributed by atoms with Crippen molar-refractivity contribution in [3.63, 3.8) is 0 Å². The van der Waals surface area contributed by atoms with E-state index >= 15 is 0 Å². The summed E-state index contributed by atoms with van der Waals surface area (Å²) in [6.07, 6.45) is 7.06. The molecule has 3 rings (SSSR count). The van der Waals surface area contributed by atoms with Gasteiger partial charge in [-0.15, -0.1) is 46.2 Å². The van der Waals surface area contributed by atoms with Crippen LogP contribution in [0.15, 0.2) is 45.3 Å². The molecule has 3 aromatic rings. The Morgan fingerprint density at radius 2 is 1.20 bits per heavy atom. The van der Waals surface area contributed by atoms with Gasteiger partial charge >= 0.3 is 33.0 Å². The molecule has 0 saturated carbocycles. The van der Waals surface area contributed by atoms with Crippen LogP contribution in [0.25, 0.3) is 0 Å². The molecule has 0 atom stereocenters. The first-order chi connectivity index (χ1) is 12.2. The van der Waals surface area contributed by atoms with Crippen LogP contribution in [0.3, 0.4) is 0 Å². The van der Waals surface area contributed by atoms with Gasteiger partial charge < -0.3 is 0 Å². The minimum absolute atomic E-state index is 0.569. The molecule has 0 N–H and O–H groups in total. The van der Waals surface area contributed by atoms with Crippen molar-refractivity contribution in [3.05, 3.63) is 51.7 Å². The topological polar surface area (TPSA) is 51.6 Å². The molecule has 0 radical (unpaired) electrons. The predicted molar refractivity (Wildman–Crippen MR) is 108 cm³/mol. The second-order valence-corrected chi connectivity index (χ2v) is 11.3. The van der Waals surface area contributed by atoms with E-state index in [1.54, 1.807) is 71.0 Å². The molecule has 12 heteroatoms. The molecule has 0 aliphatic carbocycles. The molecule has 0 spiro atoms. The van der Waals surface area contributed by atoms with Crippen LogP contribution in [-0.4, -0.2) is 19.9 Å². The van der Waals surface area contributed by atoms with E-state index < -0.39 is 0 Å². The van der Waals surface area contributed by atoms with E-state index in [1.165, 1.54) is 8.42 Å². The molecular formula is C13H10Cl2N4NiS5. The van der Waals surface area contributed by atoms with Gasteiger partial charge in [0.05, 0.1) is 19.9 Å². The van der Waals surface area contributed by atoms with Crippen molar-refractivity contribution in [3.8, 4) is 0 Å². The van der Waals surface area contributed by atoms with Crippen LogP contribution >= 0.6 is 78.8 Å². The second kappa shape index (κ2) is 12.6. The van der Waals surface area contributed by atoms with Crippen molar-refractivity contribution in [2.45, 2.75) is 19.9 Å². The Labute approximate surface area is 181 Å². The van der Waals surface area contributed by atoms with E-state index in [-0.39, 0.29) is 0 Å². The number of hydrogen-bond acceptors (Lipinski definition) is 9. The summed E-state index contributed by atoms with van der Waals surface area (Å²) in [5.41, 5.74) is 0. The molecule has 0 aromatic carbocycles. The van der Waals surface area contributed by atoms with E-state index in [1.807, 2.05) is 12.1 Å². The normalized spacial score (nSPS) is 10.3. The van der Waals surface area contributed by atoms with E-state index in [0.29, 0.717) is 12.7 Å². The van der Waals surface area contributed by atoms with Crippen LogP contribution < -0.4 is 0 Å². The molecule has 0 amide bonds. The zero-order valence-corrected chi connectivity index (χ0v) is 18.9. The van der Waals surface area contributed by atoms with Crippen molar-refractivity contribution >= 4 is 78.8 Å². The summed E-state index contributed by atoms with van der Waals surface area (Å²) in [4.78, 5) is 17.0. The van der Waals surface area contributed by atoms with Crippen LogP contribution in [0.2, 0.25) is 0 Å². The number of thioether (sulfide) groups is 2. The molecule has 0 saturated heterocycles. The Balaban J connectivity index is 0.000000701. The standard InChI is InChI=1S/C13H10N4S5.2ClH.Ni/c18-13-21-11(19-7-9-14-3-1-4-15-9)12(22-13)20-8-10-16-5-2-6-17-10;;;/h1-6H,7-8H2;2*1H;/q;;;+2/p-2. The average Bonchev–Trinajstić information content (AvgIpc) is 3.00. The number of rotatable bonds is 6. The zero-order chi connectivity index (χ0) is 17.9. The number of aromatic nitrogens is 4. The Bertz CT molecular complexity index is 739. The fourth-order valence-corrected chi connectivity index (χ4v) is 7.36. The van der Waals surface area contributed by atoms with Gasteiger partial charge in [-0.05, 0) is 12.1 Å². The molecule has 136 valence electrons. The van der Waals surface area contributed by atoms with Gasteiger partial charge in [-0.1, -0.05) is 12.2 Å². The van der Waals surface area contributed by atoms with Crippen molar-refractivity contribution in [1.82, 2.24) is 19.9 Å². The summed E-state index contributed by atoms with van der Waals surface area (Å²) in [7, 11) is 9.40. The van der Waals surface area contributed by atoms with Gasteiger partial charge in [-0.3, -0.25) is 0 Å². The van der Waals surface area contributed by atoms with Crippen LogP contribution in [0.1, 0.15) is 11.6 Å². The molecule has 25 heavy (non-hydrogen) atoms. The summed E-state index contributed by atoms with van der Waals surface area (Å²) >= 11 is 12.7. The van der Waals surface area contributed by atoms with E-state index in [2.05, 4.69) is 19.9 Å². The summed E-state index contributed by atoms with van der Waals surface area (Å²) in [6.45, 7) is 0. The van der Waals surface area contributed by atoms with Crippen LogP contribution in [0.4, 0.5) is 0 Å². The molecule has 3 heterocycles. The van der Waals surface area contributed by atoms with Crippen molar-refractivity contribution in [1.29, 1.82) is 0 Å². The zero-order valence-electron chi connectivity index (χ0n) is 12.3. The summed E-state index contributed by atoms with van der Waals surface area (Å²) in [5, 5.41) is 0. The molecule has 3 aromatic heterocycles. The van der Waals surface area contributed by atoms with Crippen molar-refractivity contribution < 1.29 is 12.7 Å². The number of hydrogen-bond donors (Lipinski definition) is 0. The van der Waals surface area contributed by atoms with Crippen molar-refractivity contribution in [2.75, 3.05) is 0 Å². The molecule has 0 aliphatic heterocycles. The molecule has 0 bridgehead atoms. The van der Waals surface area contributed by atoms with Gasteiger partial charge in [0.15, 0.2) is 0 Å². The Hall–Kier alpha value is 0.204. The van der Waals surface area contributed by atoms with E-state index in [4.69, 9.17) is 32.6 Å².